The minimum Gasteiger partial charge on any atom is -0.343 e. The number of nitrogens with one attached hydrogen (secondary N) is 1. The molecule has 0 bridgehead atoms. The van der Waals surface area contributed by atoms with Gasteiger partial charge in [-0.2, -0.15) is 0 Å². The molecule has 2 amide bonds. The van der Waals surface area contributed by atoms with Gasteiger partial charge in [0, 0.05) is 24.2 Å². The maximum atomic E-state index is 12.0. The third-order valence-corrected chi connectivity index (χ3v) is 2.98. The summed E-state index contributed by atoms with van der Waals surface area (Å²) in [4.78, 5) is 25.5. The highest BCUT2D eigenvalue weighted by atomic mass is 16.2. The topological polar surface area (TPSA) is 75.4 Å². The number of hydrogen-bond donors (Lipinski definition) is 2. The van der Waals surface area contributed by atoms with Crippen LogP contribution in [-0.2, 0) is 4.79 Å². The molecule has 5 heteroatoms. The van der Waals surface area contributed by atoms with Crippen LogP contribution in [0.4, 0.5) is 0 Å². The number of likely N-dealkylation sites (N-methyl/N-ethyl adjacent to an activating group) is 1. The zero-order valence-corrected chi connectivity index (χ0v) is 12.5. The van der Waals surface area contributed by atoms with E-state index >= 15 is 0 Å². The Bertz CT molecular complexity index is 554. The Hall–Kier alpha value is -2.32. The predicted octanol–water partition coefficient (Wildman–Crippen LogP) is 0.595. The second kappa shape index (κ2) is 8.77. The van der Waals surface area contributed by atoms with Gasteiger partial charge in [-0.1, -0.05) is 17.9 Å². The van der Waals surface area contributed by atoms with Gasteiger partial charge in [0.15, 0.2) is 0 Å². The number of carbonyl (C=O) groups excluding carboxylic acids is 2. The average molecular weight is 287 g/mol. The van der Waals surface area contributed by atoms with Crippen molar-refractivity contribution in [2.24, 2.45) is 5.73 Å². The van der Waals surface area contributed by atoms with E-state index in [0.29, 0.717) is 18.7 Å². The molecule has 0 saturated heterocycles. The summed E-state index contributed by atoms with van der Waals surface area (Å²) in [5.41, 5.74) is 6.52. The van der Waals surface area contributed by atoms with Crippen LogP contribution in [0.15, 0.2) is 24.3 Å². The molecule has 1 aromatic carbocycles. The van der Waals surface area contributed by atoms with E-state index in [2.05, 4.69) is 17.2 Å². The van der Waals surface area contributed by atoms with Crippen LogP contribution in [0, 0.1) is 11.8 Å². The van der Waals surface area contributed by atoms with Crippen LogP contribution >= 0.6 is 0 Å². The molecular weight excluding hydrogens is 266 g/mol. The number of carbonyl (C=O) groups is 2. The van der Waals surface area contributed by atoms with Gasteiger partial charge in [-0.05, 0) is 32.0 Å². The lowest BCUT2D eigenvalue weighted by Crippen LogP contribution is -2.40. The molecule has 0 unspecified atom stereocenters. The summed E-state index contributed by atoms with van der Waals surface area (Å²) in [6.45, 7) is 5.35. The van der Waals surface area contributed by atoms with E-state index in [1.807, 2.05) is 13.8 Å². The molecular formula is C16H21N3O2. The lowest BCUT2D eigenvalue weighted by atomic mass is 10.1. The molecule has 0 spiro atoms. The smallest absolute Gasteiger partial charge is 0.251 e. The Labute approximate surface area is 125 Å². The number of nitrogens with zero attached hydrogens (tertiary/aromatic N) is 1. The van der Waals surface area contributed by atoms with Crippen molar-refractivity contribution in [1.82, 2.24) is 10.2 Å². The molecule has 21 heavy (non-hydrogen) atoms. The highest BCUT2D eigenvalue weighted by Crippen LogP contribution is 2.04. The Morgan fingerprint density at radius 2 is 2.00 bits per heavy atom. The summed E-state index contributed by atoms with van der Waals surface area (Å²) in [6.07, 6.45) is 0. The van der Waals surface area contributed by atoms with Gasteiger partial charge in [0.25, 0.3) is 5.91 Å². The number of benzene rings is 1. The summed E-state index contributed by atoms with van der Waals surface area (Å²) >= 11 is 0. The Balaban J connectivity index is 2.66. The van der Waals surface area contributed by atoms with Gasteiger partial charge in [-0.15, -0.1) is 0 Å². The standard InChI is InChI=1S/C16H21N3O2/c1-3-19(4-2)15(20)12-18-16(21)14-9-5-7-13(11-14)8-6-10-17/h5,7,9,11H,3-4,10,12,17H2,1-2H3,(H,18,21). The summed E-state index contributed by atoms with van der Waals surface area (Å²) in [5, 5.41) is 2.63. The zero-order chi connectivity index (χ0) is 15.7. The molecule has 112 valence electrons. The van der Waals surface area contributed by atoms with Gasteiger partial charge in [-0.25, -0.2) is 0 Å². The second-order valence-electron chi connectivity index (χ2n) is 4.34. The average Bonchev–Trinajstić information content (AvgIpc) is 2.52. The molecule has 1 rings (SSSR count). The van der Waals surface area contributed by atoms with Gasteiger partial charge in [0.2, 0.25) is 5.91 Å². The second-order valence-corrected chi connectivity index (χ2v) is 4.34. The van der Waals surface area contributed by atoms with Crippen molar-refractivity contribution in [2.45, 2.75) is 13.8 Å². The minimum atomic E-state index is -0.285. The van der Waals surface area contributed by atoms with Crippen molar-refractivity contribution >= 4 is 11.8 Å². The maximum Gasteiger partial charge on any atom is 0.251 e. The van der Waals surface area contributed by atoms with Crippen molar-refractivity contribution in [3.8, 4) is 11.8 Å². The molecule has 0 aliphatic carbocycles. The fraction of sp³-hybridized carbons (Fsp3) is 0.375. The van der Waals surface area contributed by atoms with Gasteiger partial charge in [0.1, 0.15) is 0 Å². The SMILES string of the molecule is CCN(CC)C(=O)CNC(=O)c1cccc(C#CCN)c1. The number of nitrogens with two attached hydrogens (primary N) is 1. The van der Waals surface area contributed by atoms with E-state index < -0.39 is 0 Å². The van der Waals surface area contributed by atoms with Crippen LogP contribution in [0.3, 0.4) is 0 Å². The molecule has 0 heterocycles. The van der Waals surface area contributed by atoms with Crippen molar-refractivity contribution in [2.75, 3.05) is 26.2 Å². The van der Waals surface area contributed by atoms with Crippen molar-refractivity contribution in [1.29, 1.82) is 0 Å². The Morgan fingerprint density at radius 3 is 2.62 bits per heavy atom. The molecule has 0 saturated carbocycles. The van der Waals surface area contributed by atoms with Crippen LogP contribution in [0.2, 0.25) is 0 Å². The summed E-state index contributed by atoms with van der Waals surface area (Å²) < 4.78 is 0. The third-order valence-electron chi connectivity index (χ3n) is 2.98. The first-order valence-electron chi connectivity index (χ1n) is 6.97. The molecule has 5 nitrogen and oxygen atoms in total. The molecule has 1 aromatic rings. The number of amides is 2. The van der Waals surface area contributed by atoms with Crippen molar-refractivity contribution in [3.63, 3.8) is 0 Å². The summed E-state index contributed by atoms with van der Waals surface area (Å²) in [5.74, 6) is 5.23. The van der Waals surface area contributed by atoms with E-state index in [1.54, 1.807) is 29.2 Å². The molecule has 0 radical (unpaired) electrons. The van der Waals surface area contributed by atoms with E-state index in [-0.39, 0.29) is 24.9 Å². The maximum absolute atomic E-state index is 12.0. The first-order chi connectivity index (χ1) is 10.1. The normalized spacial score (nSPS) is 9.48. The summed E-state index contributed by atoms with van der Waals surface area (Å²) in [7, 11) is 0. The largest absolute Gasteiger partial charge is 0.343 e. The van der Waals surface area contributed by atoms with Crippen LogP contribution in [0.1, 0.15) is 29.8 Å². The highest BCUT2D eigenvalue weighted by molar-refractivity contribution is 5.96. The van der Waals surface area contributed by atoms with Gasteiger partial charge >= 0.3 is 0 Å². The Morgan fingerprint density at radius 1 is 1.29 bits per heavy atom. The molecule has 0 fully saturated rings. The minimum absolute atomic E-state index is 0.000774. The fourth-order valence-electron chi connectivity index (χ4n) is 1.84. The zero-order valence-electron chi connectivity index (χ0n) is 12.5. The van der Waals surface area contributed by atoms with Crippen LogP contribution in [0.25, 0.3) is 0 Å². The van der Waals surface area contributed by atoms with Crippen LogP contribution in [-0.4, -0.2) is 42.9 Å². The van der Waals surface area contributed by atoms with Crippen molar-refractivity contribution in [3.05, 3.63) is 35.4 Å². The molecule has 0 aromatic heterocycles. The van der Waals surface area contributed by atoms with Gasteiger partial charge in [0.05, 0.1) is 13.1 Å². The third kappa shape index (κ3) is 5.28. The van der Waals surface area contributed by atoms with E-state index in [1.165, 1.54) is 0 Å². The van der Waals surface area contributed by atoms with Crippen LogP contribution in [0.5, 0.6) is 0 Å². The molecule has 0 atom stereocenters. The number of hydrogen-bond acceptors (Lipinski definition) is 3. The van der Waals surface area contributed by atoms with Gasteiger partial charge < -0.3 is 16.0 Å². The fourth-order valence-corrected chi connectivity index (χ4v) is 1.84. The lowest BCUT2D eigenvalue weighted by molar-refractivity contribution is -0.129. The van der Waals surface area contributed by atoms with E-state index in [9.17, 15) is 9.59 Å². The quantitative estimate of drug-likeness (QED) is 0.779. The Kier molecular flexibility index (Phi) is 6.99. The van der Waals surface area contributed by atoms with E-state index in [0.717, 1.165) is 5.56 Å². The monoisotopic (exact) mass is 287 g/mol. The van der Waals surface area contributed by atoms with Crippen molar-refractivity contribution < 1.29 is 9.59 Å². The first-order valence-corrected chi connectivity index (χ1v) is 6.97. The first kappa shape index (κ1) is 16.7. The lowest BCUT2D eigenvalue weighted by Gasteiger charge is -2.18. The van der Waals surface area contributed by atoms with Crippen LogP contribution < -0.4 is 11.1 Å². The molecule has 0 aliphatic rings. The highest BCUT2D eigenvalue weighted by Gasteiger charge is 2.12. The predicted molar refractivity (Wildman–Crippen MR) is 82.6 cm³/mol. The van der Waals surface area contributed by atoms with E-state index in [4.69, 9.17) is 5.73 Å². The van der Waals surface area contributed by atoms with Gasteiger partial charge in [-0.3, -0.25) is 9.59 Å². The molecule has 0 aliphatic heterocycles. The molecule has 3 N–H and O–H groups in total. The number of rotatable bonds is 5. The summed E-state index contributed by atoms with van der Waals surface area (Å²) in [6, 6.07) is 6.92.